The number of allylic oxidation sites excluding steroid dienone is 1. The minimum atomic E-state index is -4.45. The van der Waals surface area contributed by atoms with E-state index in [-0.39, 0.29) is 5.56 Å². The predicted octanol–water partition coefficient (Wildman–Crippen LogP) is 5.71. The van der Waals surface area contributed by atoms with E-state index < -0.39 is 23.5 Å². The van der Waals surface area contributed by atoms with Crippen LogP contribution in [0.5, 0.6) is 0 Å². The number of alkyl halides is 3. The minimum Gasteiger partial charge on any atom is -0.465 e. The second-order valence-corrected chi connectivity index (χ2v) is 6.55. The molecule has 0 bridgehead atoms. The number of methoxy groups -OCH3 is 1. The molecule has 3 rings (SSSR count). The fourth-order valence-corrected chi connectivity index (χ4v) is 3.23. The summed E-state index contributed by atoms with van der Waals surface area (Å²) in [7, 11) is 1.29. The van der Waals surface area contributed by atoms with Gasteiger partial charge >= 0.3 is 12.1 Å². The molecule has 0 amide bonds. The van der Waals surface area contributed by atoms with Crippen LogP contribution in [0.2, 0.25) is 0 Å². The summed E-state index contributed by atoms with van der Waals surface area (Å²) in [6.45, 7) is 0. The van der Waals surface area contributed by atoms with E-state index in [1.807, 2.05) is 0 Å². The van der Waals surface area contributed by atoms with E-state index in [0.29, 0.717) is 22.0 Å². The Balaban J connectivity index is 1.75. The van der Waals surface area contributed by atoms with Gasteiger partial charge in [0.25, 0.3) is 0 Å². The minimum absolute atomic E-state index is 0.127. The summed E-state index contributed by atoms with van der Waals surface area (Å²) in [5, 5.41) is 1.73. The summed E-state index contributed by atoms with van der Waals surface area (Å²) in [4.78, 5) is 24.3. The monoisotopic (exact) mass is 406 g/mol. The highest BCUT2D eigenvalue weighted by Gasteiger charge is 2.30. The SMILES string of the molecule is COC(=O)c1sccc1-c1ccc(/C=C/C(=O)c2ccc(C(F)(F)F)cc2)o1. The molecule has 0 saturated heterocycles. The van der Waals surface area contributed by atoms with Crippen molar-refractivity contribution in [2.75, 3.05) is 7.11 Å². The lowest BCUT2D eigenvalue weighted by Crippen LogP contribution is -2.05. The van der Waals surface area contributed by atoms with E-state index in [0.717, 1.165) is 24.3 Å². The average molecular weight is 406 g/mol. The van der Waals surface area contributed by atoms with Crippen LogP contribution in [-0.2, 0) is 10.9 Å². The van der Waals surface area contributed by atoms with E-state index >= 15 is 0 Å². The van der Waals surface area contributed by atoms with Gasteiger partial charge in [-0.2, -0.15) is 13.2 Å². The maximum Gasteiger partial charge on any atom is 0.416 e. The highest BCUT2D eigenvalue weighted by atomic mass is 32.1. The van der Waals surface area contributed by atoms with Crippen LogP contribution in [0.25, 0.3) is 17.4 Å². The highest BCUT2D eigenvalue weighted by molar-refractivity contribution is 7.12. The van der Waals surface area contributed by atoms with Crippen molar-refractivity contribution in [1.29, 1.82) is 0 Å². The third-order valence-corrected chi connectivity index (χ3v) is 4.72. The van der Waals surface area contributed by atoms with Gasteiger partial charge in [-0.3, -0.25) is 4.79 Å². The smallest absolute Gasteiger partial charge is 0.416 e. The Morgan fingerprint density at radius 3 is 2.43 bits per heavy atom. The van der Waals surface area contributed by atoms with Crippen LogP contribution >= 0.6 is 11.3 Å². The number of carbonyl (C=O) groups is 2. The molecular formula is C20H13F3O4S. The number of rotatable bonds is 5. The molecule has 0 saturated carbocycles. The van der Waals surface area contributed by atoms with Crippen LogP contribution in [0.4, 0.5) is 13.2 Å². The molecular weight excluding hydrogens is 393 g/mol. The summed E-state index contributed by atoms with van der Waals surface area (Å²) in [6, 6.07) is 8.94. The summed E-state index contributed by atoms with van der Waals surface area (Å²) < 4.78 is 48.1. The molecule has 28 heavy (non-hydrogen) atoms. The lowest BCUT2D eigenvalue weighted by atomic mass is 10.1. The largest absolute Gasteiger partial charge is 0.465 e. The van der Waals surface area contributed by atoms with Gasteiger partial charge in [0.1, 0.15) is 16.4 Å². The first-order chi connectivity index (χ1) is 13.3. The number of hydrogen-bond donors (Lipinski definition) is 0. The molecule has 2 aromatic heterocycles. The predicted molar refractivity (Wildman–Crippen MR) is 98.2 cm³/mol. The van der Waals surface area contributed by atoms with Crippen LogP contribution in [-0.4, -0.2) is 18.9 Å². The Kier molecular flexibility index (Phi) is 5.51. The molecule has 8 heteroatoms. The first-order valence-corrected chi connectivity index (χ1v) is 8.83. The van der Waals surface area contributed by atoms with E-state index in [1.165, 1.54) is 30.6 Å². The molecule has 0 aliphatic rings. The molecule has 0 spiro atoms. The van der Waals surface area contributed by atoms with Gasteiger partial charge in [-0.05, 0) is 47.9 Å². The van der Waals surface area contributed by atoms with Crippen molar-refractivity contribution >= 4 is 29.2 Å². The second-order valence-electron chi connectivity index (χ2n) is 5.63. The molecule has 1 aromatic carbocycles. The van der Waals surface area contributed by atoms with Crippen molar-refractivity contribution in [3.8, 4) is 11.3 Å². The van der Waals surface area contributed by atoms with Crippen LogP contribution in [0.1, 0.15) is 31.4 Å². The number of hydrogen-bond acceptors (Lipinski definition) is 5. The molecule has 0 N–H and O–H groups in total. The van der Waals surface area contributed by atoms with Crippen molar-refractivity contribution < 1.29 is 31.9 Å². The van der Waals surface area contributed by atoms with Gasteiger partial charge < -0.3 is 9.15 Å². The Hall–Kier alpha value is -3.13. The van der Waals surface area contributed by atoms with E-state index in [2.05, 4.69) is 0 Å². The van der Waals surface area contributed by atoms with Gasteiger partial charge in [0.15, 0.2) is 5.78 Å². The number of benzene rings is 1. The second kappa shape index (κ2) is 7.85. The Labute approximate surface area is 161 Å². The Morgan fingerprint density at radius 2 is 1.79 bits per heavy atom. The number of esters is 1. The molecule has 144 valence electrons. The van der Waals surface area contributed by atoms with Gasteiger partial charge in [0.05, 0.1) is 12.7 Å². The average Bonchev–Trinajstić information content (AvgIpc) is 3.34. The fraction of sp³-hybridized carbons (Fsp3) is 0.100. The molecule has 3 aromatic rings. The Bertz CT molecular complexity index is 1030. The lowest BCUT2D eigenvalue weighted by molar-refractivity contribution is -0.137. The maximum absolute atomic E-state index is 12.6. The number of ketones is 1. The van der Waals surface area contributed by atoms with Gasteiger partial charge in [-0.15, -0.1) is 11.3 Å². The molecule has 4 nitrogen and oxygen atoms in total. The number of ether oxygens (including phenoxy) is 1. The van der Waals surface area contributed by atoms with Crippen LogP contribution < -0.4 is 0 Å². The van der Waals surface area contributed by atoms with Gasteiger partial charge in [0.2, 0.25) is 0 Å². The topological polar surface area (TPSA) is 56.5 Å². The molecule has 0 aliphatic heterocycles. The lowest BCUT2D eigenvalue weighted by Gasteiger charge is -2.06. The number of thiophene rings is 1. The van der Waals surface area contributed by atoms with Crippen LogP contribution in [0.3, 0.4) is 0 Å². The van der Waals surface area contributed by atoms with Crippen LogP contribution in [0, 0.1) is 0 Å². The fourth-order valence-electron chi connectivity index (χ4n) is 2.42. The molecule has 0 atom stereocenters. The maximum atomic E-state index is 12.6. The summed E-state index contributed by atoms with van der Waals surface area (Å²) >= 11 is 1.22. The molecule has 0 unspecified atom stereocenters. The van der Waals surface area contributed by atoms with E-state index in [4.69, 9.17) is 9.15 Å². The van der Waals surface area contributed by atoms with Crippen molar-refractivity contribution in [1.82, 2.24) is 0 Å². The van der Waals surface area contributed by atoms with Gasteiger partial charge in [-0.25, -0.2) is 4.79 Å². The molecule has 0 fully saturated rings. The first-order valence-electron chi connectivity index (χ1n) is 7.95. The standard InChI is InChI=1S/C20H13F3O4S/c1-26-19(25)18-15(10-11-28-18)17-9-7-14(27-17)6-8-16(24)12-2-4-13(5-3-12)20(21,22)23/h2-11H,1H3/b8-6+. The quantitative estimate of drug-likeness (QED) is 0.309. The number of furan rings is 1. The number of carbonyl (C=O) groups excluding carboxylic acids is 2. The summed E-state index contributed by atoms with van der Waals surface area (Å²) in [5.41, 5.74) is -0.117. The van der Waals surface area contributed by atoms with Gasteiger partial charge in [-0.1, -0.05) is 12.1 Å². The third kappa shape index (κ3) is 4.23. The highest BCUT2D eigenvalue weighted by Crippen LogP contribution is 2.31. The summed E-state index contributed by atoms with van der Waals surface area (Å²) in [6.07, 6.45) is -1.83. The molecule has 0 aliphatic carbocycles. The van der Waals surface area contributed by atoms with Crippen molar-refractivity contribution in [3.05, 3.63) is 75.7 Å². The van der Waals surface area contributed by atoms with Gasteiger partial charge in [0, 0.05) is 11.1 Å². The van der Waals surface area contributed by atoms with Crippen LogP contribution in [0.15, 0.2) is 58.3 Å². The molecule has 0 radical (unpaired) electrons. The van der Waals surface area contributed by atoms with E-state index in [1.54, 1.807) is 23.6 Å². The first kappa shape index (κ1) is 19.6. The number of halogens is 3. The van der Waals surface area contributed by atoms with Crippen molar-refractivity contribution in [2.24, 2.45) is 0 Å². The zero-order valence-electron chi connectivity index (χ0n) is 14.4. The summed E-state index contributed by atoms with van der Waals surface area (Å²) in [5.74, 6) is -0.144. The Morgan fingerprint density at radius 1 is 1.07 bits per heavy atom. The van der Waals surface area contributed by atoms with E-state index in [9.17, 15) is 22.8 Å². The zero-order chi connectivity index (χ0) is 20.3. The van der Waals surface area contributed by atoms with Crippen molar-refractivity contribution in [3.63, 3.8) is 0 Å². The normalized spacial score (nSPS) is 11.7. The molecule has 2 heterocycles. The zero-order valence-corrected chi connectivity index (χ0v) is 15.3. The third-order valence-electron chi connectivity index (χ3n) is 3.82. The van der Waals surface area contributed by atoms with Crippen molar-refractivity contribution in [2.45, 2.75) is 6.18 Å².